The molecule has 6 nitrogen and oxygen atoms in total. The van der Waals surface area contributed by atoms with Crippen molar-refractivity contribution in [2.75, 3.05) is 18.5 Å². The van der Waals surface area contributed by atoms with Crippen LogP contribution in [0.1, 0.15) is 23.2 Å². The van der Waals surface area contributed by atoms with Crippen molar-refractivity contribution in [3.05, 3.63) is 47.9 Å². The number of nitrogens with one attached hydrogen (secondary N) is 1. The zero-order valence-corrected chi connectivity index (χ0v) is 13.5. The number of benzene rings is 1. The highest BCUT2D eigenvalue weighted by Gasteiger charge is 2.15. The van der Waals surface area contributed by atoms with Gasteiger partial charge in [0.25, 0.3) is 0 Å². The van der Waals surface area contributed by atoms with Crippen LogP contribution in [0.3, 0.4) is 0 Å². The molecule has 0 bridgehead atoms. The number of anilines is 1. The quantitative estimate of drug-likeness (QED) is 0.740. The van der Waals surface area contributed by atoms with Gasteiger partial charge in [-0.1, -0.05) is 0 Å². The Balaban J connectivity index is 1.70. The van der Waals surface area contributed by atoms with Crippen LogP contribution in [0.2, 0.25) is 0 Å². The largest absolute Gasteiger partial charge is 0.381 e. The highest BCUT2D eigenvalue weighted by atomic mass is 19.1. The van der Waals surface area contributed by atoms with E-state index in [-0.39, 0.29) is 5.56 Å². The van der Waals surface area contributed by atoms with Crippen LogP contribution in [0.15, 0.2) is 36.5 Å². The number of carbonyl (C=O) groups is 1. The van der Waals surface area contributed by atoms with Gasteiger partial charge in [0.2, 0.25) is 0 Å². The Morgan fingerprint density at radius 3 is 2.88 bits per heavy atom. The third-order valence-electron chi connectivity index (χ3n) is 4.35. The molecule has 0 spiro atoms. The molecule has 0 amide bonds. The van der Waals surface area contributed by atoms with E-state index in [4.69, 9.17) is 4.74 Å². The van der Waals surface area contributed by atoms with E-state index in [0.29, 0.717) is 29.2 Å². The van der Waals surface area contributed by atoms with Crippen LogP contribution in [-0.4, -0.2) is 40.1 Å². The van der Waals surface area contributed by atoms with Crippen LogP contribution in [-0.2, 0) is 4.74 Å². The molecule has 0 saturated carbocycles. The van der Waals surface area contributed by atoms with Crippen molar-refractivity contribution < 1.29 is 13.9 Å². The van der Waals surface area contributed by atoms with Gasteiger partial charge in [0.1, 0.15) is 11.6 Å². The molecule has 0 unspecified atom stereocenters. The molecule has 1 saturated heterocycles. The maximum Gasteiger partial charge on any atom is 0.154 e. The van der Waals surface area contributed by atoms with E-state index < -0.39 is 5.82 Å². The van der Waals surface area contributed by atoms with Gasteiger partial charge in [-0.3, -0.25) is 4.79 Å². The lowest BCUT2D eigenvalue weighted by Gasteiger charge is -2.23. The molecule has 3 aromatic rings. The Morgan fingerprint density at radius 2 is 2.08 bits per heavy atom. The van der Waals surface area contributed by atoms with Crippen molar-refractivity contribution in [1.29, 1.82) is 0 Å². The van der Waals surface area contributed by atoms with Crippen molar-refractivity contribution in [2.24, 2.45) is 0 Å². The molecule has 1 fully saturated rings. The molecule has 7 heteroatoms. The number of hydrogen-bond donors (Lipinski definition) is 1. The summed E-state index contributed by atoms with van der Waals surface area (Å²) in [7, 11) is 0. The third-order valence-corrected chi connectivity index (χ3v) is 4.35. The predicted molar refractivity (Wildman–Crippen MR) is 91.2 cm³/mol. The first-order valence-corrected chi connectivity index (χ1v) is 8.19. The van der Waals surface area contributed by atoms with Gasteiger partial charge in [0.15, 0.2) is 11.9 Å². The van der Waals surface area contributed by atoms with Crippen LogP contribution in [0, 0.1) is 5.82 Å². The number of rotatable bonds is 4. The van der Waals surface area contributed by atoms with E-state index in [1.165, 1.54) is 12.1 Å². The van der Waals surface area contributed by atoms with Gasteiger partial charge in [0, 0.05) is 24.8 Å². The van der Waals surface area contributed by atoms with Gasteiger partial charge in [-0.15, -0.1) is 5.10 Å². The number of hydrogen-bond acceptors (Lipinski definition) is 5. The summed E-state index contributed by atoms with van der Waals surface area (Å²) in [5.41, 5.74) is 2.09. The number of imidazole rings is 1. The van der Waals surface area contributed by atoms with E-state index in [0.717, 1.165) is 31.9 Å². The van der Waals surface area contributed by atoms with Gasteiger partial charge in [-0.2, -0.15) is 0 Å². The monoisotopic (exact) mass is 340 g/mol. The van der Waals surface area contributed by atoms with Crippen LogP contribution in [0.5, 0.6) is 0 Å². The fourth-order valence-corrected chi connectivity index (χ4v) is 2.99. The molecule has 1 aromatic carbocycles. The smallest absolute Gasteiger partial charge is 0.154 e. The van der Waals surface area contributed by atoms with Crippen LogP contribution < -0.4 is 5.32 Å². The summed E-state index contributed by atoms with van der Waals surface area (Å²) in [5.74, 6) is 0.207. The predicted octanol–water partition coefficient (Wildman–Crippen LogP) is 2.94. The average Bonchev–Trinajstić information content (AvgIpc) is 3.06. The van der Waals surface area contributed by atoms with Crippen molar-refractivity contribution in [3.63, 3.8) is 0 Å². The van der Waals surface area contributed by atoms with Crippen molar-refractivity contribution >= 4 is 17.8 Å². The normalized spacial score (nSPS) is 15.4. The van der Waals surface area contributed by atoms with Crippen molar-refractivity contribution in [3.8, 4) is 11.3 Å². The Hall–Kier alpha value is -2.80. The second-order valence-electron chi connectivity index (χ2n) is 6.02. The first-order valence-electron chi connectivity index (χ1n) is 8.19. The molecule has 4 rings (SSSR count). The fourth-order valence-electron chi connectivity index (χ4n) is 2.99. The van der Waals surface area contributed by atoms with E-state index in [2.05, 4.69) is 15.4 Å². The summed E-state index contributed by atoms with van der Waals surface area (Å²) in [6.45, 7) is 1.50. The molecule has 2 aromatic heterocycles. The van der Waals surface area contributed by atoms with Crippen LogP contribution in [0.4, 0.5) is 10.2 Å². The molecule has 0 aliphatic carbocycles. The zero-order chi connectivity index (χ0) is 17.2. The number of aldehydes is 1. The van der Waals surface area contributed by atoms with Crippen molar-refractivity contribution in [1.82, 2.24) is 14.6 Å². The summed E-state index contributed by atoms with van der Waals surface area (Å²) in [6, 6.07) is 8.50. The van der Waals surface area contributed by atoms with Crippen LogP contribution in [0.25, 0.3) is 16.9 Å². The minimum absolute atomic E-state index is 0.0175. The Bertz CT molecular complexity index is 919. The molecule has 0 radical (unpaired) electrons. The molecule has 3 heterocycles. The summed E-state index contributed by atoms with van der Waals surface area (Å²) in [5, 5.41) is 8.02. The third kappa shape index (κ3) is 3.10. The highest BCUT2D eigenvalue weighted by Crippen LogP contribution is 2.23. The molecular formula is C18H17FN4O2. The standard InChI is InChI=1S/C18H17FN4O2/c19-15-2-1-12(9-13(15)11-24)16-10-20-18-4-3-17(22-23(16)18)21-14-5-7-25-8-6-14/h1-4,9-11,14H,5-8H2,(H,21,22). The van der Waals surface area contributed by atoms with E-state index in [9.17, 15) is 9.18 Å². The first kappa shape index (κ1) is 15.7. The second-order valence-corrected chi connectivity index (χ2v) is 6.02. The summed E-state index contributed by atoms with van der Waals surface area (Å²) >= 11 is 0. The fraction of sp³-hybridized carbons (Fsp3) is 0.278. The lowest BCUT2D eigenvalue weighted by molar-refractivity contribution is 0.0903. The number of aromatic nitrogens is 3. The number of halogens is 1. The molecule has 1 aliphatic heterocycles. The van der Waals surface area contributed by atoms with E-state index in [1.54, 1.807) is 16.8 Å². The Morgan fingerprint density at radius 1 is 1.24 bits per heavy atom. The summed E-state index contributed by atoms with van der Waals surface area (Å²) in [6.07, 6.45) is 4.06. The Kier molecular flexibility index (Phi) is 4.15. The molecule has 0 atom stereocenters. The molecule has 1 aliphatic rings. The zero-order valence-electron chi connectivity index (χ0n) is 13.5. The van der Waals surface area contributed by atoms with Gasteiger partial charge in [-0.25, -0.2) is 13.9 Å². The van der Waals surface area contributed by atoms with E-state index >= 15 is 0 Å². The van der Waals surface area contributed by atoms with E-state index in [1.807, 2.05) is 12.1 Å². The summed E-state index contributed by atoms with van der Waals surface area (Å²) < 4.78 is 20.6. The minimum Gasteiger partial charge on any atom is -0.381 e. The SMILES string of the molecule is O=Cc1cc(-c2cnc3ccc(NC4CCOCC4)nn23)ccc1F. The molecule has 128 valence electrons. The molecular weight excluding hydrogens is 323 g/mol. The van der Waals surface area contributed by atoms with Gasteiger partial charge >= 0.3 is 0 Å². The number of nitrogens with zero attached hydrogens (tertiary/aromatic N) is 3. The molecule has 25 heavy (non-hydrogen) atoms. The average molecular weight is 340 g/mol. The first-order chi connectivity index (χ1) is 12.2. The second kappa shape index (κ2) is 6.60. The van der Waals surface area contributed by atoms with Gasteiger partial charge in [-0.05, 0) is 43.2 Å². The number of fused-ring (bicyclic) bond motifs is 1. The Labute approximate surface area is 143 Å². The summed E-state index contributed by atoms with van der Waals surface area (Å²) in [4.78, 5) is 15.3. The van der Waals surface area contributed by atoms with Gasteiger partial charge in [0.05, 0.1) is 17.5 Å². The topological polar surface area (TPSA) is 68.5 Å². The van der Waals surface area contributed by atoms with Crippen LogP contribution >= 0.6 is 0 Å². The number of carbonyl (C=O) groups excluding carboxylic acids is 1. The van der Waals surface area contributed by atoms with Crippen molar-refractivity contribution in [2.45, 2.75) is 18.9 Å². The molecule has 1 N–H and O–H groups in total. The lowest BCUT2D eigenvalue weighted by atomic mass is 10.1. The maximum atomic E-state index is 13.6. The number of ether oxygens (including phenoxy) is 1. The van der Waals surface area contributed by atoms with Gasteiger partial charge < -0.3 is 10.1 Å². The highest BCUT2D eigenvalue weighted by molar-refractivity contribution is 5.79. The lowest BCUT2D eigenvalue weighted by Crippen LogP contribution is -2.28. The maximum absolute atomic E-state index is 13.6. The minimum atomic E-state index is -0.539.